The SMILES string of the molecule is COC(=O)C(Cc1ccccc1)NC(=O)Nc1ccc(C2OC(CSc3ccccc3OC)CC(c3ccc(CO)cc3)O2)cc1. The number of benzene rings is 4. The van der Waals surface area contributed by atoms with Crippen LogP contribution in [0.2, 0.25) is 0 Å². The summed E-state index contributed by atoms with van der Waals surface area (Å²) in [7, 11) is 2.96. The Morgan fingerprint density at radius 1 is 0.870 bits per heavy atom. The number of rotatable bonds is 12. The topological polar surface area (TPSA) is 115 Å². The van der Waals surface area contributed by atoms with Crippen molar-refractivity contribution in [3.63, 3.8) is 0 Å². The van der Waals surface area contributed by atoms with Crippen LogP contribution >= 0.6 is 11.8 Å². The van der Waals surface area contributed by atoms with Crippen LogP contribution in [-0.4, -0.2) is 49.2 Å². The normalized spacial score (nSPS) is 18.3. The monoisotopic (exact) mass is 642 g/mol. The molecule has 4 atom stereocenters. The van der Waals surface area contributed by atoms with Gasteiger partial charge in [-0.05, 0) is 41.0 Å². The lowest BCUT2D eigenvalue weighted by Crippen LogP contribution is -2.45. The summed E-state index contributed by atoms with van der Waals surface area (Å²) in [5.41, 5.74) is 4.08. The van der Waals surface area contributed by atoms with Crippen molar-refractivity contribution in [3.05, 3.63) is 125 Å². The molecule has 1 aliphatic heterocycles. The molecular formula is C36H38N2O7S. The van der Waals surface area contributed by atoms with Crippen molar-refractivity contribution >= 4 is 29.4 Å². The van der Waals surface area contributed by atoms with Crippen LogP contribution < -0.4 is 15.4 Å². The van der Waals surface area contributed by atoms with Crippen LogP contribution in [0.3, 0.4) is 0 Å². The number of aliphatic hydroxyl groups is 1. The van der Waals surface area contributed by atoms with Crippen LogP contribution in [-0.2, 0) is 32.0 Å². The van der Waals surface area contributed by atoms with Crippen LogP contribution in [0.15, 0.2) is 108 Å². The van der Waals surface area contributed by atoms with E-state index < -0.39 is 24.3 Å². The van der Waals surface area contributed by atoms with Crippen molar-refractivity contribution in [3.8, 4) is 5.75 Å². The number of hydrogen-bond acceptors (Lipinski definition) is 8. The Hall–Kier alpha value is -4.35. The molecule has 5 rings (SSSR count). The molecular weight excluding hydrogens is 604 g/mol. The summed E-state index contributed by atoms with van der Waals surface area (Å²) in [5.74, 6) is 0.979. The number of para-hydroxylation sites is 1. The molecule has 1 aliphatic rings. The first kappa shape index (κ1) is 33.0. The van der Waals surface area contributed by atoms with Gasteiger partial charge in [0.05, 0.1) is 33.0 Å². The molecule has 1 heterocycles. The molecule has 1 fully saturated rings. The van der Waals surface area contributed by atoms with Crippen molar-refractivity contribution < 1.29 is 33.6 Å². The maximum absolute atomic E-state index is 12.8. The third-order valence-corrected chi connectivity index (χ3v) is 8.81. The largest absolute Gasteiger partial charge is 0.496 e. The molecule has 4 aromatic carbocycles. The number of thioether (sulfide) groups is 1. The van der Waals surface area contributed by atoms with Crippen LogP contribution in [0.5, 0.6) is 5.75 Å². The summed E-state index contributed by atoms with van der Waals surface area (Å²) >= 11 is 1.67. The van der Waals surface area contributed by atoms with Gasteiger partial charge in [0.1, 0.15) is 11.8 Å². The van der Waals surface area contributed by atoms with Crippen LogP contribution in [0.1, 0.15) is 41.1 Å². The smallest absolute Gasteiger partial charge is 0.328 e. The number of amides is 2. The molecule has 2 amide bonds. The lowest BCUT2D eigenvalue weighted by molar-refractivity contribution is -0.245. The maximum atomic E-state index is 12.8. The van der Waals surface area contributed by atoms with E-state index in [9.17, 15) is 14.7 Å². The molecule has 0 aliphatic carbocycles. The molecule has 0 spiro atoms. The molecule has 4 unspecified atom stereocenters. The molecule has 0 radical (unpaired) electrons. The molecule has 240 valence electrons. The van der Waals surface area contributed by atoms with Crippen molar-refractivity contribution in [1.29, 1.82) is 0 Å². The first-order valence-electron chi connectivity index (χ1n) is 15.0. The molecule has 9 nitrogen and oxygen atoms in total. The lowest BCUT2D eigenvalue weighted by atomic mass is 10.0. The number of carbonyl (C=O) groups is 2. The number of urea groups is 1. The number of aliphatic hydroxyl groups excluding tert-OH is 1. The minimum atomic E-state index is -0.843. The van der Waals surface area contributed by atoms with Crippen molar-refractivity contribution in [2.24, 2.45) is 0 Å². The van der Waals surface area contributed by atoms with Crippen LogP contribution in [0.4, 0.5) is 10.5 Å². The minimum Gasteiger partial charge on any atom is -0.496 e. The zero-order chi connectivity index (χ0) is 32.3. The average Bonchev–Trinajstić information content (AvgIpc) is 3.10. The third kappa shape index (κ3) is 8.88. The average molecular weight is 643 g/mol. The van der Waals surface area contributed by atoms with Gasteiger partial charge in [-0.15, -0.1) is 11.8 Å². The number of esters is 1. The summed E-state index contributed by atoms with van der Waals surface area (Å²) in [6.07, 6.45) is -0.0346. The Morgan fingerprint density at radius 2 is 1.57 bits per heavy atom. The molecule has 3 N–H and O–H groups in total. The van der Waals surface area contributed by atoms with E-state index in [0.29, 0.717) is 24.3 Å². The Kier molecular flexibility index (Phi) is 11.7. The quantitative estimate of drug-likeness (QED) is 0.120. The lowest BCUT2D eigenvalue weighted by Gasteiger charge is -2.36. The van der Waals surface area contributed by atoms with E-state index in [1.807, 2.05) is 91.0 Å². The number of hydrogen-bond donors (Lipinski definition) is 3. The second-order valence-electron chi connectivity index (χ2n) is 10.8. The Bertz CT molecular complexity index is 1570. The van der Waals surface area contributed by atoms with Gasteiger partial charge in [-0.25, -0.2) is 9.59 Å². The zero-order valence-electron chi connectivity index (χ0n) is 25.8. The highest BCUT2D eigenvalue weighted by Crippen LogP contribution is 2.40. The first-order chi connectivity index (χ1) is 22.4. The van der Waals surface area contributed by atoms with Gasteiger partial charge in [0.25, 0.3) is 0 Å². The highest BCUT2D eigenvalue weighted by Gasteiger charge is 2.32. The number of anilines is 1. The highest BCUT2D eigenvalue weighted by molar-refractivity contribution is 7.99. The highest BCUT2D eigenvalue weighted by atomic mass is 32.2. The maximum Gasteiger partial charge on any atom is 0.328 e. The van der Waals surface area contributed by atoms with Gasteiger partial charge in [0.15, 0.2) is 6.29 Å². The third-order valence-electron chi connectivity index (χ3n) is 7.62. The van der Waals surface area contributed by atoms with Gasteiger partial charge in [-0.1, -0.05) is 78.9 Å². The van der Waals surface area contributed by atoms with Crippen LogP contribution in [0, 0.1) is 0 Å². The Labute approximate surface area is 273 Å². The molecule has 0 bridgehead atoms. The van der Waals surface area contributed by atoms with E-state index in [0.717, 1.165) is 32.9 Å². The molecule has 10 heteroatoms. The Morgan fingerprint density at radius 3 is 2.26 bits per heavy atom. The summed E-state index contributed by atoms with van der Waals surface area (Å²) in [6.45, 7) is -0.0233. The van der Waals surface area contributed by atoms with Crippen LogP contribution in [0.25, 0.3) is 0 Å². The van der Waals surface area contributed by atoms with Crippen molar-refractivity contribution in [2.45, 2.75) is 48.9 Å². The summed E-state index contributed by atoms with van der Waals surface area (Å²) in [6, 6.07) is 31.0. The molecule has 4 aromatic rings. The van der Waals surface area contributed by atoms with Gasteiger partial charge in [-0.3, -0.25) is 0 Å². The standard InChI is InChI=1S/C36H38N2O7S/c1-42-31-10-6-7-11-33(31)46-23-29-21-32(26-14-12-25(22-39)13-15-26)45-35(44-29)27-16-18-28(19-17-27)37-36(41)38-30(34(40)43-2)20-24-8-4-3-5-9-24/h3-19,29-30,32,35,39H,20-23H2,1-2H3,(H2,37,38,41). The number of ether oxygens (including phenoxy) is 4. The number of carbonyl (C=O) groups excluding carboxylic acids is 2. The van der Waals surface area contributed by atoms with E-state index in [2.05, 4.69) is 10.6 Å². The summed E-state index contributed by atoms with van der Waals surface area (Å²) in [4.78, 5) is 26.2. The first-order valence-corrected chi connectivity index (χ1v) is 16.0. The van der Waals surface area contributed by atoms with Gasteiger partial charge < -0.3 is 34.7 Å². The van der Waals surface area contributed by atoms with Gasteiger partial charge in [-0.2, -0.15) is 0 Å². The van der Waals surface area contributed by atoms with Crippen molar-refractivity contribution in [2.75, 3.05) is 25.3 Å². The van der Waals surface area contributed by atoms with Gasteiger partial charge in [0.2, 0.25) is 0 Å². The number of methoxy groups -OCH3 is 2. The molecule has 1 saturated heterocycles. The van der Waals surface area contributed by atoms with E-state index in [1.54, 1.807) is 31.0 Å². The second kappa shape index (κ2) is 16.3. The number of nitrogens with one attached hydrogen (secondary N) is 2. The van der Waals surface area contributed by atoms with Crippen molar-refractivity contribution in [1.82, 2.24) is 5.32 Å². The minimum absolute atomic E-state index is 0.0233. The fourth-order valence-corrected chi connectivity index (χ4v) is 6.23. The van der Waals surface area contributed by atoms with Gasteiger partial charge in [0, 0.05) is 34.7 Å². The Balaban J connectivity index is 1.26. The molecule has 0 saturated carbocycles. The summed E-state index contributed by atoms with van der Waals surface area (Å²) < 4.78 is 23.3. The van der Waals surface area contributed by atoms with E-state index in [4.69, 9.17) is 18.9 Å². The fourth-order valence-electron chi connectivity index (χ4n) is 5.18. The molecule has 46 heavy (non-hydrogen) atoms. The van der Waals surface area contributed by atoms with Gasteiger partial charge >= 0.3 is 12.0 Å². The van der Waals surface area contributed by atoms with E-state index >= 15 is 0 Å². The predicted octanol–water partition coefficient (Wildman–Crippen LogP) is 6.43. The fraction of sp³-hybridized carbons (Fsp3) is 0.278. The van der Waals surface area contributed by atoms with E-state index in [1.165, 1.54) is 7.11 Å². The second-order valence-corrected chi connectivity index (χ2v) is 11.9. The summed E-state index contributed by atoms with van der Waals surface area (Å²) in [5, 5.41) is 15.0. The molecule has 0 aromatic heterocycles. The zero-order valence-corrected chi connectivity index (χ0v) is 26.6. The predicted molar refractivity (Wildman–Crippen MR) is 177 cm³/mol. The van der Waals surface area contributed by atoms with E-state index in [-0.39, 0.29) is 18.8 Å².